The smallest absolute Gasteiger partial charge is 0.113 e. The number of thioether (sulfide) groups is 1. The standard InChI is InChI=1S/C11H14N2S/c1-2-5-10-11(12)13-8-6-3-4-7-9(8)14-10/h3-4,6-7,10H,2,5H2,1H3,(H2,12,13). The van der Waals surface area contributed by atoms with Crippen molar-refractivity contribution >= 4 is 23.3 Å². The number of nitrogens with zero attached hydrogens (tertiary/aromatic N) is 1. The van der Waals surface area contributed by atoms with Gasteiger partial charge in [0.25, 0.3) is 0 Å². The molecule has 0 spiro atoms. The van der Waals surface area contributed by atoms with E-state index in [1.807, 2.05) is 30.0 Å². The first-order valence-corrected chi connectivity index (χ1v) is 5.79. The maximum Gasteiger partial charge on any atom is 0.113 e. The Labute approximate surface area is 88.6 Å². The van der Waals surface area contributed by atoms with Gasteiger partial charge in [-0.1, -0.05) is 25.5 Å². The summed E-state index contributed by atoms with van der Waals surface area (Å²) in [5, 5.41) is 0.370. The Morgan fingerprint density at radius 1 is 1.43 bits per heavy atom. The van der Waals surface area contributed by atoms with Gasteiger partial charge in [-0.2, -0.15) is 0 Å². The lowest BCUT2D eigenvalue weighted by atomic mass is 10.2. The van der Waals surface area contributed by atoms with E-state index >= 15 is 0 Å². The van der Waals surface area contributed by atoms with Crippen LogP contribution in [0.3, 0.4) is 0 Å². The van der Waals surface area contributed by atoms with Gasteiger partial charge in [0.2, 0.25) is 0 Å². The van der Waals surface area contributed by atoms with Gasteiger partial charge in [0.05, 0.1) is 10.9 Å². The molecule has 74 valence electrons. The minimum Gasteiger partial charge on any atom is -0.386 e. The Hall–Kier alpha value is -0.960. The SMILES string of the molecule is CCCC1Sc2ccccc2N=C1N. The first-order chi connectivity index (χ1) is 6.81. The number of fused-ring (bicyclic) bond motifs is 1. The molecule has 0 saturated carbocycles. The van der Waals surface area contributed by atoms with Crippen molar-refractivity contribution in [3.63, 3.8) is 0 Å². The lowest BCUT2D eigenvalue weighted by molar-refractivity contribution is 0.839. The summed E-state index contributed by atoms with van der Waals surface area (Å²) in [7, 11) is 0. The van der Waals surface area contributed by atoms with E-state index in [1.165, 1.54) is 4.90 Å². The molecule has 0 aromatic heterocycles. The van der Waals surface area contributed by atoms with Crippen LogP contribution in [0, 0.1) is 0 Å². The Morgan fingerprint density at radius 3 is 3.00 bits per heavy atom. The Balaban J connectivity index is 2.29. The molecular formula is C11H14N2S. The van der Waals surface area contributed by atoms with Crippen LogP contribution in [0.5, 0.6) is 0 Å². The highest BCUT2D eigenvalue weighted by Crippen LogP contribution is 2.38. The largest absolute Gasteiger partial charge is 0.386 e. The summed E-state index contributed by atoms with van der Waals surface area (Å²) >= 11 is 1.83. The van der Waals surface area contributed by atoms with Crippen LogP contribution in [0.15, 0.2) is 34.2 Å². The van der Waals surface area contributed by atoms with Gasteiger partial charge >= 0.3 is 0 Å². The molecule has 14 heavy (non-hydrogen) atoms. The zero-order chi connectivity index (χ0) is 9.97. The first-order valence-electron chi connectivity index (χ1n) is 4.91. The van der Waals surface area contributed by atoms with E-state index in [0.29, 0.717) is 5.25 Å². The summed E-state index contributed by atoms with van der Waals surface area (Å²) in [6.07, 6.45) is 2.25. The molecule has 3 heteroatoms. The van der Waals surface area contributed by atoms with Crippen LogP contribution in [0.1, 0.15) is 19.8 Å². The Bertz CT molecular complexity index is 360. The number of hydrogen-bond donors (Lipinski definition) is 1. The van der Waals surface area contributed by atoms with E-state index in [1.54, 1.807) is 0 Å². The monoisotopic (exact) mass is 206 g/mol. The Morgan fingerprint density at radius 2 is 2.21 bits per heavy atom. The first kappa shape index (κ1) is 9.59. The minimum absolute atomic E-state index is 0.370. The van der Waals surface area contributed by atoms with Gasteiger partial charge in [-0.25, -0.2) is 4.99 Å². The van der Waals surface area contributed by atoms with Gasteiger partial charge in [-0.05, 0) is 18.6 Å². The number of aliphatic imine (C=N–C) groups is 1. The van der Waals surface area contributed by atoms with Crippen molar-refractivity contribution in [1.29, 1.82) is 0 Å². The number of benzene rings is 1. The van der Waals surface area contributed by atoms with Gasteiger partial charge in [0.1, 0.15) is 5.84 Å². The third-order valence-corrected chi connectivity index (χ3v) is 3.63. The lowest BCUT2D eigenvalue weighted by Gasteiger charge is -2.21. The van der Waals surface area contributed by atoms with Crippen molar-refractivity contribution in [2.24, 2.45) is 10.7 Å². The number of hydrogen-bond acceptors (Lipinski definition) is 3. The number of para-hydroxylation sites is 1. The fourth-order valence-corrected chi connectivity index (χ4v) is 2.77. The average Bonchev–Trinajstić information content (AvgIpc) is 2.19. The van der Waals surface area contributed by atoms with Crippen LogP contribution in [0.2, 0.25) is 0 Å². The second kappa shape index (κ2) is 4.05. The second-order valence-corrected chi connectivity index (χ2v) is 4.64. The molecule has 1 atom stereocenters. The topological polar surface area (TPSA) is 38.4 Å². The summed E-state index contributed by atoms with van der Waals surface area (Å²) in [6, 6.07) is 8.16. The van der Waals surface area contributed by atoms with E-state index < -0.39 is 0 Å². The average molecular weight is 206 g/mol. The van der Waals surface area contributed by atoms with Gasteiger partial charge in [-0.3, -0.25) is 0 Å². The van der Waals surface area contributed by atoms with E-state index in [-0.39, 0.29) is 0 Å². The van der Waals surface area contributed by atoms with Crippen LogP contribution in [-0.4, -0.2) is 11.1 Å². The molecule has 2 nitrogen and oxygen atoms in total. The molecule has 1 aliphatic heterocycles. The molecule has 0 aliphatic carbocycles. The van der Waals surface area contributed by atoms with E-state index in [2.05, 4.69) is 18.0 Å². The summed E-state index contributed by atoms with van der Waals surface area (Å²) in [4.78, 5) is 5.67. The molecule has 2 rings (SSSR count). The van der Waals surface area contributed by atoms with Crippen LogP contribution < -0.4 is 5.73 Å². The highest BCUT2D eigenvalue weighted by atomic mass is 32.2. The summed E-state index contributed by atoms with van der Waals surface area (Å²) < 4.78 is 0. The minimum atomic E-state index is 0.370. The molecule has 1 heterocycles. The van der Waals surface area contributed by atoms with Crippen molar-refractivity contribution < 1.29 is 0 Å². The molecule has 1 unspecified atom stereocenters. The molecule has 0 amide bonds. The molecule has 0 fully saturated rings. The molecule has 0 bridgehead atoms. The normalized spacial score (nSPS) is 20.1. The third kappa shape index (κ3) is 1.77. The van der Waals surface area contributed by atoms with E-state index in [4.69, 9.17) is 5.73 Å². The quantitative estimate of drug-likeness (QED) is 0.808. The molecule has 0 radical (unpaired) electrons. The van der Waals surface area contributed by atoms with Crippen LogP contribution in [0.25, 0.3) is 0 Å². The predicted octanol–water partition coefficient (Wildman–Crippen LogP) is 2.95. The predicted molar refractivity (Wildman–Crippen MR) is 62.3 cm³/mol. The van der Waals surface area contributed by atoms with Crippen molar-refractivity contribution in [2.75, 3.05) is 0 Å². The van der Waals surface area contributed by atoms with Crippen LogP contribution >= 0.6 is 11.8 Å². The fraction of sp³-hybridized carbons (Fsp3) is 0.364. The highest BCUT2D eigenvalue weighted by molar-refractivity contribution is 8.00. The maximum absolute atomic E-state index is 5.91. The summed E-state index contributed by atoms with van der Waals surface area (Å²) in [5.74, 6) is 0.774. The number of rotatable bonds is 2. The number of nitrogens with two attached hydrogens (primary N) is 1. The maximum atomic E-state index is 5.91. The molecule has 0 saturated heterocycles. The van der Waals surface area contributed by atoms with Crippen molar-refractivity contribution in [3.05, 3.63) is 24.3 Å². The Kier molecular flexibility index (Phi) is 2.77. The van der Waals surface area contributed by atoms with E-state index in [0.717, 1.165) is 24.4 Å². The van der Waals surface area contributed by atoms with Crippen molar-refractivity contribution in [2.45, 2.75) is 29.9 Å². The van der Waals surface area contributed by atoms with Gasteiger partial charge in [0, 0.05) is 4.90 Å². The van der Waals surface area contributed by atoms with Gasteiger partial charge in [0.15, 0.2) is 0 Å². The van der Waals surface area contributed by atoms with Crippen LogP contribution in [-0.2, 0) is 0 Å². The van der Waals surface area contributed by atoms with Crippen molar-refractivity contribution in [3.8, 4) is 0 Å². The molecule has 1 aromatic rings. The summed E-state index contributed by atoms with van der Waals surface area (Å²) in [6.45, 7) is 2.17. The molecule has 1 aliphatic rings. The zero-order valence-corrected chi connectivity index (χ0v) is 9.05. The summed E-state index contributed by atoms with van der Waals surface area (Å²) in [5.41, 5.74) is 6.93. The lowest BCUT2D eigenvalue weighted by Crippen LogP contribution is -2.27. The van der Waals surface area contributed by atoms with E-state index in [9.17, 15) is 0 Å². The third-order valence-electron chi connectivity index (χ3n) is 2.26. The number of amidine groups is 1. The van der Waals surface area contributed by atoms with Crippen molar-refractivity contribution in [1.82, 2.24) is 0 Å². The highest BCUT2D eigenvalue weighted by Gasteiger charge is 2.20. The fourth-order valence-electron chi connectivity index (χ4n) is 1.54. The van der Waals surface area contributed by atoms with Crippen LogP contribution in [0.4, 0.5) is 5.69 Å². The van der Waals surface area contributed by atoms with Gasteiger partial charge in [-0.15, -0.1) is 11.8 Å². The second-order valence-electron chi connectivity index (χ2n) is 3.40. The van der Waals surface area contributed by atoms with Gasteiger partial charge < -0.3 is 5.73 Å². The molecular weight excluding hydrogens is 192 g/mol. The molecule has 1 aromatic carbocycles. The zero-order valence-electron chi connectivity index (χ0n) is 8.23. The molecule has 2 N–H and O–H groups in total.